The number of ether oxygens (including phenoxy) is 2. The average molecular weight is 487 g/mol. The normalized spacial score (nSPS) is 11.8. The number of nitrogens with zero attached hydrogens (tertiary/aromatic N) is 3. The first-order chi connectivity index (χ1) is 17.6. The molecule has 0 saturated heterocycles. The summed E-state index contributed by atoms with van der Waals surface area (Å²) in [7, 11) is 3.28. The number of hydrogen-bond donors (Lipinski definition) is 1. The Morgan fingerprint density at radius 3 is 2.53 bits per heavy atom. The topological polar surface area (TPSA) is 89.7 Å². The molecule has 1 unspecified atom stereocenters. The second kappa shape index (κ2) is 12.0. The van der Waals surface area contributed by atoms with Crippen molar-refractivity contribution in [3.63, 3.8) is 0 Å². The Hall–Kier alpha value is -4.17. The zero-order chi connectivity index (χ0) is 25.3. The average Bonchev–Trinajstić information content (AvgIpc) is 3.41. The molecule has 0 bridgehead atoms. The molecule has 0 saturated carbocycles. The molecule has 2 aromatic heterocycles. The maximum Gasteiger partial charge on any atom is 0.273 e. The van der Waals surface area contributed by atoms with E-state index in [4.69, 9.17) is 13.9 Å². The predicted molar refractivity (Wildman–Crippen MR) is 136 cm³/mol. The van der Waals surface area contributed by atoms with Crippen LogP contribution < -0.4 is 14.8 Å². The molecule has 4 rings (SSSR count). The standard InChI is InChI=1S/C28H30N4O4/c1-20(22-7-5-4-6-8-22)32(17-23-9-10-24(34-2)15-26(23)35-3)18-27-31-25(19-36-27)28(33)30-16-21-11-13-29-14-12-21/h4-15,19-20H,16-18H2,1-3H3,(H,30,33). The number of aromatic nitrogens is 2. The van der Waals surface area contributed by atoms with Gasteiger partial charge >= 0.3 is 0 Å². The van der Waals surface area contributed by atoms with Crippen molar-refractivity contribution in [1.29, 1.82) is 0 Å². The van der Waals surface area contributed by atoms with E-state index in [9.17, 15) is 4.79 Å². The van der Waals surface area contributed by atoms with Crippen LogP contribution in [0.3, 0.4) is 0 Å². The van der Waals surface area contributed by atoms with Crippen molar-refractivity contribution in [3.8, 4) is 11.5 Å². The van der Waals surface area contributed by atoms with Crippen LogP contribution >= 0.6 is 0 Å². The summed E-state index contributed by atoms with van der Waals surface area (Å²) in [5.74, 6) is 1.64. The molecular formula is C28H30N4O4. The summed E-state index contributed by atoms with van der Waals surface area (Å²) in [6.45, 7) is 3.51. The predicted octanol–water partition coefficient (Wildman–Crippen LogP) is 4.78. The minimum absolute atomic E-state index is 0.0499. The molecule has 36 heavy (non-hydrogen) atoms. The summed E-state index contributed by atoms with van der Waals surface area (Å²) in [6, 6.07) is 19.8. The third-order valence-corrected chi connectivity index (χ3v) is 6.02. The Morgan fingerprint density at radius 2 is 1.81 bits per heavy atom. The van der Waals surface area contributed by atoms with Gasteiger partial charge in [0.2, 0.25) is 5.89 Å². The molecule has 2 heterocycles. The molecular weight excluding hydrogens is 456 g/mol. The lowest BCUT2D eigenvalue weighted by atomic mass is 10.1. The number of carbonyl (C=O) groups is 1. The van der Waals surface area contributed by atoms with Crippen LogP contribution in [0.25, 0.3) is 0 Å². The van der Waals surface area contributed by atoms with E-state index in [0.29, 0.717) is 25.5 Å². The number of rotatable bonds is 11. The lowest BCUT2D eigenvalue weighted by molar-refractivity contribution is 0.0945. The number of benzene rings is 2. The molecule has 1 N–H and O–H groups in total. The highest BCUT2D eigenvalue weighted by Crippen LogP contribution is 2.30. The maximum absolute atomic E-state index is 12.6. The summed E-state index contributed by atoms with van der Waals surface area (Å²) in [5, 5.41) is 2.87. The molecule has 1 atom stereocenters. The van der Waals surface area contributed by atoms with Crippen molar-refractivity contribution in [2.75, 3.05) is 14.2 Å². The zero-order valence-electron chi connectivity index (χ0n) is 20.7. The maximum atomic E-state index is 12.6. The van der Waals surface area contributed by atoms with Gasteiger partial charge in [0.1, 0.15) is 17.8 Å². The van der Waals surface area contributed by atoms with E-state index in [-0.39, 0.29) is 17.6 Å². The molecule has 4 aromatic rings. The minimum atomic E-state index is -0.290. The smallest absolute Gasteiger partial charge is 0.273 e. The minimum Gasteiger partial charge on any atom is -0.497 e. The lowest BCUT2D eigenvalue weighted by Crippen LogP contribution is -2.27. The summed E-state index contributed by atoms with van der Waals surface area (Å²) in [6.07, 6.45) is 4.78. The molecule has 0 fully saturated rings. The van der Waals surface area contributed by atoms with Gasteiger partial charge in [0.15, 0.2) is 5.69 Å². The van der Waals surface area contributed by atoms with Gasteiger partial charge in [0.05, 0.1) is 20.8 Å². The Kier molecular flexibility index (Phi) is 8.31. The Morgan fingerprint density at radius 1 is 1.03 bits per heavy atom. The van der Waals surface area contributed by atoms with Crippen molar-refractivity contribution >= 4 is 5.91 Å². The fourth-order valence-corrected chi connectivity index (χ4v) is 3.91. The van der Waals surface area contributed by atoms with E-state index < -0.39 is 0 Å². The highest BCUT2D eigenvalue weighted by atomic mass is 16.5. The van der Waals surface area contributed by atoms with Crippen molar-refractivity contribution in [1.82, 2.24) is 20.2 Å². The number of methoxy groups -OCH3 is 2. The summed E-state index contributed by atoms with van der Waals surface area (Å²) < 4.78 is 16.7. The van der Waals surface area contributed by atoms with Crippen molar-refractivity contribution < 1.29 is 18.7 Å². The second-order valence-electron chi connectivity index (χ2n) is 8.33. The van der Waals surface area contributed by atoms with Crippen LogP contribution in [0.5, 0.6) is 11.5 Å². The highest BCUT2D eigenvalue weighted by molar-refractivity contribution is 5.91. The van der Waals surface area contributed by atoms with Gasteiger partial charge in [-0.3, -0.25) is 14.7 Å². The number of pyridine rings is 1. The highest BCUT2D eigenvalue weighted by Gasteiger charge is 2.22. The zero-order valence-corrected chi connectivity index (χ0v) is 20.7. The molecule has 1 amide bonds. The summed E-state index contributed by atoms with van der Waals surface area (Å²) in [4.78, 5) is 23.3. The van der Waals surface area contributed by atoms with E-state index in [0.717, 1.165) is 28.2 Å². The van der Waals surface area contributed by atoms with Crippen LogP contribution in [0.2, 0.25) is 0 Å². The van der Waals surface area contributed by atoms with Gasteiger partial charge in [-0.15, -0.1) is 0 Å². The van der Waals surface area contributed by atoms with E-state index in [1.54, 1.807) is 26.6 Å². The number of nitrogens with one attached hydrogen (secondary N) is 1. The van der Waals surface area contributed by atoms with Gasteiger partial charge in [-0.1, -0.05) is 36.4 Å². The van der Waals surface area contributed by atoms with Gasteiger partial charge in [0, 0.05) is 43.2 Å². The van der Waals surface area contributed by atoms with E-state index in [1.165, 1.54) is 6.26 Å². The van der Waals surface area contributed by atoms with E-state index in [2.05, 4.69) is 39.2 Å². The summed E-state index contributed by atoms with van der Waals surface area (Å²) >= 11 is 0. The van der Waals surface area contributed by atoms with Gasteiger partial charge < -0.3 is 19.2 Å². The largest absolute Gasteiger partial charge is 0.497 e. The molecule has 0 radical (unpaired) electrons. The molecule has 0 aliphatic rings. The van der Waals surface area contributed by atoms with Crippen LogP contribution in [-0.2, 0) is 19.6 Å². The SMILES string of the molecule is COc1ccc(CN(Cc2nc(C(=O)NCc3ccncc3)co2)C(C)c2ccccc2)c(OC)c1. The number of oxazole rings is 1. The third kappa shape index (κ3) is 6.28. The van der Waals surface area contributed by atoms with Gasteiger partial charge in [-0.25, -0.2) is 4.98 Å². The second-order valence-corrected chi connectivity index (χ2v) is 8.33. The monoisotopic (exact) mass is 486 g/mol. The fourth-order valence-electron chi connectivity index (χ4n) is 3.91. The molecule has 2 aromatic carbocycles. The van der Waals surface area contributed by atoms with Gasteiger partial charge in [0.25, 0.3) is 5.91 Å². The lowest BCUT2D eigenvalue weighted by Gasteiger charge is -2.29. The molecule has 0 spiro atoms. The first-order valence-electron chi connectivity index (χ1n) is 11.7. The number of amides is 1. The van der Waals surface area contributed by atoms with E-state index in [1.807, 2.05) is 48.5 Å². The summed E-state index contributed by atoms with van der Waals surface area (Å²) in [5.41, 5.74) is 3.36. The molecule has 8 nitrogen and oxygen atoms in total. The van der Waals surface area contributed by atoms with Crippen LogP contribution in [0.15, 0.2) is 83.7 Å². The molecule has 0 aliphatic carbocycles. The number of carbonyl (C=O) groups excluding carboxylic acids is 1. The van der Waals surface area contributed by atoms with Crippen molar-refractivity contribution in [2.24, 2.45) is 0 Å². The molecule has 0 aliphatic heterocycles. The van der Waals surface area contributed by atoms with Crippen LogP contribution in [0, 0.1) is 0 Å². The Bertz CT molecular complexity index is 1260. The van der Waals surface area contributed by atoms with Crippen molar-refractivity contribution in [2.45, 2.75) is 32.6 Å². The third-order valence-electron chi connectivity index (χ3n) is 6.02. The molecule has 8 heteroatoms. The van der Waals surface area contributed by atoms with Gasteiger partial charge in [-0.05, 0) is 36.2 Å². The molecule has 186 valence electrons. The quantitative estimate of drug-likeness (QED) is 0.326. The van der Waals surface area contributed by atoms with Crippen LogP contribution in [-0.4, -0.2) is 35.0 Å². The first-order valence-corrected chi connectivity index (χ1v) is 11.7. The first kappa shape index (κ1) is 24.9. The fraction of sp³-hybridized carbons (Fsp3) is 0.250. The van der Waals surface area contributed by atoms with Crippen LogP contribution in [0.1, 0.15) is 46.0 Å². The van der Waals surface area contributed by atoms with Crippen LogP contribution in [0.4, 0.5) is 0 Å². The van der Waals surface area contributed by atoms with E-state index >= 15 is 0 Å². The van der Waals surface area contributed by atoms with Gasteiger partial charge in [-0.2, -0.15) is 0 Å². The Balaban J connectivity index is 1.52. The Labute approximate surface area is 210 Å². The number of hydrogen-bond acceptors (Lipinski definition) is 7. The van der Waals surface area contributed by atoms with Crippen molar-refractivity contribution in [3.05, 3.63) is 108 Å².